The number of hydrogen-bond acceptors (Lipinski definition) is 8. The van der Waals surface area contributed by atoms with Gasteiger partial charge in [0, 0.05) is 50.0 Å². The topological polar surface area (TPSA) is 43.1 Å². The van der Waals surface area contributed by atoms with Crippen LogP contribution in [0.4, 0.5) is 5.00 Å². The second-order valence-corrected chi connectivity index (χ2v) is 27.3. The summed E-state index contributed by atoms with van der Waals surface area (Å²) in [6.45, 7) is 11.5. The Morgan fingerprint density at radius 1 is 0.329 bits per heavy atom. The molecule has 0 saturated carbocycles. The van der Waals surface area contributed by atoms with E-state index in [9.17, 15) is 10.1 Å². The average Bonchev–Trinajstić information content (AvgIpc) is 4.27. The molecule has 0 bridgehead atoms. The summed E-state index contributed by atoms with van der Waals surface area (Å²) in [5.74, 6) is 0. The molecule has 0 aliphatic rings. The zero-order valence-corrected chi connectivity index (χ0v) is 51.0. The van der Waals surface area contributed by atoms with Crippen molar-refractivity contribution < 1.29 is 4.92 Å². The molecule has 0 fully saturated rings. The summed E-state index contributed by atoms with van der Waals surface area (Å²) in [7, 11) is 0. The molecule has 0 aliphatic heterocycles. The maximum absolute atomic E-state index is 12.3. The predicted molar refractivity (Wildman–Crippen MR) is 333 cm³/mol. The van der Waals surface area contributed by atoms with Crippen molar-refractivity contribution in [1.29, 1.82) is 0 Å². The lowest BCUT2D eigenvalue weighted by Crippen LogP contribution is -1.87. The van der Waals surface area contributed by atoms with E-state index in [-0.39, 0.29) is 9.92 Å². The van der Waals surface area contributed by atoms with E-state index >= 15 is 0 Å². The van der Waals surface area contributed by atoms with Gasteiger partial charge in [0.25, 0.3) is 0 Å². The fraction of sp³-hybridized carbons (Fsp3) is 0.625. The Morgan fingerprint density at radius 2 is 0.630 bits per heavy atom. The first-order valence-electron chi connectivity index (χ1n) is 29.7. The van der Waals surface area contributed by atoms with Crippen molar-refractivity contribution in [2.75, 3.05) is 0 Å². The Balaban J connectivity index is 1.34. The van der Waals surface area contributed by atoms with E-state index in [1.807, 2.05) is 51.4 Å². The van der Waals surface area contributed by atoms with Crippen LogP contribution in [0.1, 0.15) is 255 Å². The Morgan fingerprint density at radius 3 is 1.00 bits per heavy atom. The summed E-state index contributed by atoms with van der Waals surface area (Å²) >= 11 is 11.4. The second kappa shape index (κ2) is 34.4. The Kier molecular flexibility index (Phi) is 28.2. The van der Waals surface area contributed by atoms with Gasteiger partial charge < -0.3 is 0 Å². The molecule has 0 aromatic carbocycles. The van der Waals surface area contributed by atoms with Crippen LogP contribution in [-0.4, -0.2) is 4.92 Å². The number of rotatable bonds is 41. The lowest BCUT2D eigenvalue weighted by molar-refractivity contribution is -0.380. The summed E-state index contributed by atoms with van der Waals surface area (Å²) in [5.41, 5.74) is 7.23. The van der Waals surface area contributed by atoms with Gasteiger partial charge in [-0.25, -0.2) is 0 Å². The normalized spacial score (nSPS) is 11.7. The molecular weight excluding hydrogens is 1010 g/mol. The highest BCUT2D eigenvalue weighted by atomic mass is 32.1. The lowest BCUT2D eigenvalue weighted by atomic mass is 10.0. The minimum Gasteiger partial charge on any atom is -0.258 e. The van der Waals surface area contributed by atoms with Gasteiger partial charge in [-0.1, -0.05) is 206 Å². The Labute approximate surface area is 468 Å². The maximum atomic E-state index is 12.3. The van der Waals surface area contributed by atoms with Crippen molar-refractivity contribution in [3.05, 3.63) is 85.8 Å². The van der Waals surface area contributed by atoms with E-state index in [0.717, 1.165) is 37.0 Å². The highest BCUT2D eigenvalue weighted by molar-refractivity contribution is 7.30. The van der Waals surface area contributed by atoms with Gasteiger partial charge in [0.1, 0.15) is 0 Å². The van der Waals surface area contributed by atoms with Gasteiger partial charge in [-0.2, -0.15) is 0 Å². The van der Waals surface area contributed by atoms with Crippen LogP contribution in [0, 0.1) is 10.1 Å². The van der Waals surface area contributed by atoms with Crippen molar-refractivity contribution in [2.24, 2.45) is 0 Å². The summed E-state index contributed by atoms with van der Waals surface area (Å²) in [4.78, 5) is 26.1. The van der Waals surface area contributed by atoms with Crippen molar-refractivity contribution >= 4 is 73.0 Å². The smallest absolute Gasteiger partial charge is 0.258 e. The van der Waals surface area contributed by atoms with Gasteiger partial charge in [0.15, 0.2) is 0 Å². The fourth-order valence-corrected chi connectivity index (χ4v) is 17.8. The molecule has 0 radical (unpaired) electrons. The molecule has 0 N–H and O–H groups in total. The number of nitrogens with zero attached hydrogens (tertiary/aromatic N) is 1. The molecule has 6 rings (SSSR count). The standard InChI is InChI=1S/C64H93NO2S6/c1-6-11-16-21-26-31-36-49-43-44-68-60(49)56-45-50(37-32-27-22-17-12-7-2)61(70-56)54-41-42-55(69-54)62-51(38-33-28-23-18-13-8-3)46-57(71-62)63-52(39-34-29-24-19-14-9-4)47-58(72-63)64-53(48-59(73-64)65(66)67)40-35-30-25-20-15-10-5/h41-48H,6-40H2,1-5H3. The van der Waals surface area contributed by atoms with Crippen LogP contribution in [0.3, 0.4) is 0 Å². The number of nitro groups is 1. The second-order valence-electron chi connectivity index (χ2n) is 21.1. The van der Waals surface area contributed by atoms with Crippen molar-refractivity contribution in [2.45, 2.75) is 259 Å². The molecule has 9 heteroatoms. The molecule has 73 heavy (non-hydrogen) atoms. The maximum Gasteiger partial charge on any atom is 0.324 e. The van der Waals surface area contributed by atoms with E-state index in [2.05, 4.69) is 87.7 Å². The van der Waals surface area contributed by atoms with Gasteiger partial charge in [-0.3, -0.25) is 10.1 Å². The highest BCUT2D eigenvalue weighted by Gasteiger charge is 2.25. The fourth-order valence-electron chi connectivity index (χ4n) is 10.5. The largest absolute Gasteiger partial charge is 0.324 e. The van der Waals surface area contributed by atoms with Crippen LogP contribution in [0.25, 0.3) is 48.8 Å². The monoisotopic (exact) mass is 1100 g/mol. The number of aryl methyl sites for hydroxylation is 5. The van der Waals surface area contributed by atoms with Crippen LogP contribution in [0.15, 0.2) is 47.8 Å². The summed E-state index contributed by atoms with van der Waals surface area (Å²) in [6.07, 6.45) is 44.2. The molecular formula is C64H93NO2S6. The molecule has 6 aromatic rings. The lowest BCUT2D eigenvalue weighted by Gasteiger charge is -2.04. The minimum atomic E-state index is -0.161. The van der Waals surface area contributed by atoms with Crippen LogP contribution in [0.5, 0.6) is 0 Å². The van der Waals surface area contributed by atoms with Crippen molar-refractivity contribution in [1.82, 2.24) is 0 Å². The van der Waals surface area contributed by atoms with E-state index in [1.165, 1.54) is 265 Å². The van der Waals surface area contributed by atoms with E-state index in [1.54, 1.807) is 11.1 Å². The molecule has 6 aromatic heterocycles. The first-order chi connectivity index (χ1) is 35.9. The van der Waals surface area contributed by atoms with Gasteiger partial charge in [-0.15, -0.1) is 56.7 Å². The third-order valence-corrected chi connectivity index (χ3v) is 22.5. The Hall–Kier alpha value is -2.40. The van der Waals surface area contributed by atoms with Gasteiger partial charge in [-0.05, 0) is 134 Å². The first-order valence-corrected chi connectivity index (χ1v) is 34.7. The zero-order valence-electron chi connectivity index (χ0n) is 46.1. The molecule has 0 spiro atoms. The average molecular weight is 1100 g/mol. The zero-order chi connectivity index (χ0) is 51.5. The first kappa shape index (κ1) is 59.8. The van der Waals surface area contributed by atoms with Gasteiger partial charge in [0.2, 0.25) is 0 Å². The number of hydrogen-bond donors (Lipinski definition) is 0. The number of thiophene rings is 6. The van der Waals surface area contributed by atoms with Gasteiger partial charge in [0.05, 0.1) is 9.80 Å². The molecule has 0 aliphatic carbocycles. The van der Waals surface area contributed by atoms with E-state index in [0.29, 0.717) is 0 Å². The van der Waals surface area contributed by atoms with Crippen LogP contribution in [0.2, 0.25) is 0 Å². The minimum absolute atomic E-state index is 0.161. The molecule has 402 valence electrons. The summed E-state index contributed by atoms with van der Waals surface area (Å²) in [6, 6.07) is 16.9. The molecule has 0 saturated heterocycles. The highest BCUT2D eigenvalue weighted by Crippen LogP contribution is 2.51. The summed E-state index contributed by atoms with van der Waals surface area (Å²) < 4.78 is 0. The van der Waals surface area contributed by atoms with Crippen LogP contribution < -0.4 is 0 Å². The predicted octanol–water partition coefficient (Wildman–Crippen LogP) is 24.8. The molecule has 3 nitrogen and oxygen atoms in total. The van der Waals surface area contributed by atoms with E-state index in [4.69, 9.17) is 0 Å². The number of unbranched alkanes of at least 4 members (excludes halogenated alkanes) is 25. The van der Waals surface area contributed by atoms with Crippen molar-refractivity contribution in [3.8, 4) is 48.8 Å². The third-order valence-electron chi connectivity index (χ3n) is 14.9. The SMILES string of the molecule is CCCCCCCCc1ccsc1-c1cc(CCCCCCCC)c(-c2ccc(-c3sc(-c4sc(-c5sc([N+](=O)[O-])cc5CCCCCCCC)cc4CCCCCCCC)cc3CCCCCCCC)s2)s1. The van der Waals surface area contributed by atoms with E-state index < -0.39 is 0 Å². The molecule has 0 atom stereocenters. The molecule has 0 amide bonds. The van der Waals surface area contributed by atoms with Crippen molar-refractivity contribution in [3.63, 3.8) is 0 Å². The molecule has 0 unspecified atom stereocenters. The Bertz CT molecular complexity index is 2430. The quantitative estimate of drug-likeness (QED) is 0.0218. The van der Waals surface area contributed by atoms with Gasteiger partial charge >= 0.3 is 5.00 Å². The van der Waals surface area contributed by atoms with Crippen LogP contribution >= 0.6 is 68.0 Å². The summed E-state index contributed by atoms with van der Waals surface area (Å²) in [5, 5.41) is 14.9. The molecule has 6 heterocycles. The third kappa shape index (κ3) is 19.2. The van der Waals surface area contributed by atoms with Crippen LogP contribution in [-0.2, 0) is 32.1 Å².